The van der Waals surface area contributed by atoms with E-state index in [1.54, 1.807) is 6.07 Å². The molecule has 5 rings (SSSR count). The van der Waals surface area contributed by atoms with Crippen molar-refractivity contribution in [3.8, 4) is 28.2 Å². The van der Waals surface area contributed by atoms with Crippen molar-refractivity contribution >= 4 is 34.2 Å². The number of nitrogens with zero attached hydrogens (tertiary/aromatic N) is 2. The second kappa shape index (κ2) is 7.40. The van der Waals surface area contributed by atoms with Crippen LogP contribution in [0.25, 0.3) is 39.2 Å². The molecule has 1 aromatic heterocycles. The molecule has 0 bridgehead atoms. The van der Waals surface area contributed by atoms with E-state index >= 15 is 0 Å². The maximum atomic E-state index is 6.17. The lowest BCUT2D eigenvalue weighted by Gasteiger charge is -2.11. The van der Waals surface area contributed by atoms with Gasteiger partial charge >= 0.3 is 0 Å². The third kappa shape index (κ3) is 3.42. The van der Waals surface area contributed by atoms with Gasteiger partial charge in [-0.05, 0) is 53.6 Å². The van der Waals surface area contributed by atoms with Gasteiger partial charge in [-0.3, -0.25) is 4.57 Å². The molecule has 4 heteroatoms. The summed E-state index contributed by atoms with van der Waals surface area (Å²) in [6.45, 7) is 0. The summed E-state index contributed by atoms with van der Waals surface area (Å²) >= 11 is 12.3. The number of hydrogen-bond acceptors (Lipinski definition) is 1. The van der Waals surface area contributed by atoms with Gasteiger partial charge < -0.3 is 0 Å². The molecule has 1 heterocycles. The van der Waals surface area contributed by atoms with Crippen molar-refractivity contribution in [3.05, 3.63) is 107 Å². The van der Waals surface area contributed by atoms with Crippen molar-refractivity contribution in [2.45, 2.75) is 0 Å². The largest absolute Gasteiger partial charge is 0.292 e. The van der Waals surface area contributed by atoms with Gasteiger partial charge in [0.25, 0.3) is 0 Å². The average molecular weight is 415 g/mol. The molecular formula is C25H16Cl2N2. The van der Waals surface area contributed by atoms with Crippen LogP contribution in [-0.2, 0) is 0 Å². The molecule has 29 heavy (non-hydrogen) atoms. The van der Waals surface area contributed by atoms with E-state index in [-0.39, 0.29) is 0 Å². The van der Waals surface area contributed by atoms with E-state index in [9.17, 15) is 0 Å². The van der Waals surface area contributed by atoms with E-state index in [2.05, 4.69) is 47.0 Å². The number of halogens is 2. The Bertz CT molecular complexity index is 1290. The van der Waals surface area contributed by atoms with Gasteiger partial charge in [0.05, 0.1) is 11.0 Å². The van der Waals surface area contributed by atoms with Crippen LogP contribution in [0.4, 0.5) is 0 Å². The maximum absolute atomic E-state index is 6.17. The number of aromatic nitrogens is 2. The van der Waals surface area contributed by atoms with E-state index in [0.29, 0.717) is 10.0 Å². The lowest BCUT2D eigenvalue weighted by Crippen LogP contribution is -1.97. The lowest BCUT2D eigenvalue weighted by atomic mass is 10.1. The van der Waals surface area contributed by atoms with Crippen LogP contribution in [0.15, 0.2) is 97.1 Å². The molecule has 0 radical (unpaired) electrons. The van der Waals surface area contributed by atoms with Gasteiger partial charge in [-0.2, -0.15) is 0 Å². The zero-order valence-electron chi connectivity index (χ0n) is 15.4. The number of hydrogen-bond donors (Lipinski definition) is 0. The summed E-state index contributed by atoms with van der Waals surface area (Å²) in [5.41, 5.74) is 6.22. The van der Waals surface area contributed by atoms with Crippen LogP contribution in [0.2, 0.25) is 10.0 Å². The summed E-state index contributed by atoms with van der Waals surface area (Å²) in [7, 11) is 0. The van der Waals surface area contributed by atoms with Crippen molar-refractivity contribution in [1.82, 2.24) is 9.55 Å². The molecule has 0 aliphatic heterocycles. The Kier molecular flexibility index (Phi) is 4.59. The third-order valence-corrected chi connectivity index (χ3v) is 5.35. The number of imidazole rings is 1. The molecule has 0 saturated heterocycles. The van der Waals surface area contributed by atoms with Crippen LogP contribution < -0.4 is 0 Å². The molecule has 0 aliphatic rings. The van der Waals surface area contributed by atoms with E-state index < -0.39 is 0 Å². The van der Waals surface area contributed by atoms with Crippen molar-refractivity contribution in [1.29, 1.82) is 0 Å². The molecule has 0 amide bonds. The summed E-state index contributed by atoms with van der Waals surface area (Å²) in [4.78, 5) is 4.89. The predicted octanol–water partition coefficient (Wildman–Crippen LogP) is 7.67. The van der Waals surface area contributed by atoms with Crippen LogP contribution in [0.5, 0.6) is 0 Å². The first-order chi connectivity index (χ1) is 14.2. The minimum atomic E-state index is 0.628. The zero-order valence-corrected chi connectivity index (χ0v) is 16.9. The maximum Gasteiger partial charge on any atom is 0.145 e. The standard InChI is InChI=1S/C25H16Cl2N2/c26-20-14-19(15-21(27)16-20)17-10-12-22(13-11-17)29-24-9-5-4-8-23(24)28-25(29)18-6-2-1-3-7-18/h1-16H. The second-order valence-electron chi connectivity index (χ2n) is 6.83. The van der Waals surface area contributed by atoms with Crippen LogP contribution in [0.1, 0.15) is 0 Å². The molecule has 5 aromatic rings. The van der Waals surface area contributed by atoms with Gasteiger partial charge in [-0.25, -0.2) is 4.98 Å². The van der Waals surface area contributed by atoms with Crippen molar-refractivity contribution < 1.29 is 0 Å². The molecule has 0 spiro atoms. The molecule has 0 atom stereocenters. The Hall–Kier alpha value is -3.07. The molecule has 4 aromatic carbocycles. The summed E-state index contributed by atoms with van der Waals surface area (Å²) in [6, 6.07) is 32.4. The molecule has 0 aliphatic carbocycles. The quantitative estimate of drug-likeness (QED) is 0.296. The highest BCUT2D eigenvalue weighted by Gasteiger charge is 2.14. The van der Waals surface area contributed by atoms with Gasteiger partial charge in [0.15, 0.2) is 0 Å². The fourth-order valence-corrected chi connectivity index (χ4v) is 4.12. The van der Waals surface area contributed by atoms with Gasteiger partial charge in [0.1, 0.15) is 5.82 Å². The number of rotatable bonds is 3. The molecule has 0 unspecified atom stereocenters. The first-order valence-corrected chi connectivity index (χ1v) is 10.0. The minimum absolute atomic E-state index is 0.628. The molecule has 0 N–H and O–H groups in total. The summed E-state index contributed by atoms with van der Waals surface area (Å²) in [6.07, 6.45) is 0. The Morgan fingerprint density at radius 3 is 1.97 bits per heavy atom. The first-order valence-electron chi connectivity index (χ1n) is 9.29. The Labute approximate surface area is 179 Å². The van der Waals surface area contributed by atoms with E-state index in [4.69, 9.17) is 28.2 Å². The summed E-state index contributed by atoms with van der Waals surface area (Å²) in [5, 5.41) is 1.26. The topological polar surface area (TPSA) is 17.8 Å². The van der Waals surface area contributed by atoms with Crippen LogP contribution in [0, 0.1) is 0 Å². The van der Waals surface area contributed by atoms with Crippen molar-refractivity contribution in [2.75, 3.05) is 0 Å². The van der Waals surface area contributed by atoms with E-state index in [1.807, 2.05) is 48.5 Å². The number of fused-ring (bicyclic) bond motifs is 1. The molecular weight excluding hydrogens is 399 g/mol. The van der Waals surface area contributed by atoms with Crippen LogP contribution in [0.3, 0.4) is 0 Å². The van der Waals surface area contributed by atoms with Crippen LogP contribution >= 0.6 is 23.2 Å². The van der Waals surface area contributed by atoms with E-state index in [1.165, 1.54) is 0 Å². The second-order valence-corrected chi connectivity index (χ2v) is 7.70. The van der Waals surface area contributed by atoms with Crippen molar-refractivity contribution in [3.63, 3.8) is 0 Å². The minimum Gasteiger partial charge on any atom is -0.292 e. The Morgan fingerprint density at radius 1 is 0.586 bits per heavy atom. The zero-order chi connectivity index (χ0) is 19.8. The average Bonchev–Trinajstić information content (AvgIpc) is 3.13. The highest BCUT2D eigenvalue weighted by molar-refractivity contribution is 6.35. The molecule has 140 valence electrons. The SMILES string of the molecule is Clc1cc(Cl)cc(-c2ccc(-n3c(-c4ccccc4)nc4ccccc43)cc2)c1. The number of para-hydroxylation sites is 2. The lowest BCUT2D eigenvalue weighted by molar-refractivity contribution is 1.10. The Balaban J connectivity index is 1.66. The predicted molar refractivity (Wildman–Crippen MR) is 122 cm³/mol. The van der Waals surface area contributed by atoms with Crippen molar-refractivity contribution in [2.24, 2.45) is 0 Å². The van der Waals surface area contributed by atoms with Crippen LogP contribution in [-0.4, -0.2) is 9.55 Å². The highest BCUT2D eigenvalue weighted by atomic mass is 35.5. The first kappa shape index (κ1) is 18.0. The van der Waals surface area contributed by atoms with Gasteiger partial charge in [-0.1, -0.05) is 77.8 Å². The smallest absolute Gasteiger partial charge is 0.145 e. The third-order valence-electron chi connectivity index (χ3n) is 4.91. The fourth-order valence-electron chi connectivity index (χ4n) is 3.59. The van der Waals surface area contributed by atoms with Gasteiger partial charge in [-0.15, -0.1) is 0 Å². The van der Waals surface area contributed by atoms with Gasteiger partial charge in [0, 0.05) is 21.3 Å². The Morgan fingerprint density at radius 2 is 1.24 bits per heavy atom. The summed E-state index contributed by atoms with van der Waals surface area (Å²) in [5.74, 6) is 0.922. The number of benzene rings is 4. The normalized spacial score (nSPS) is 11.1. The summed E-state index contributed by atoms with van der Waals surface area (Å²) < 4.78 is 2.19. The van der Waals surface area contributed by atoms with Gasteiger partial charge in [0.2, 0.25) is 0 Å². The molecule has 0 saturated carbocycles. The fraction of sp³-hybridized carbons (Fsp3) is 0. The molecule has 2 nitrogen and oxygen atoms in total. The monoisotopic (exact) mass is 414 g/mol. The highest BCUT2D eigenvalue weighted by Crippen LogP contribution is 2.31. The van der Waals surface area contributed by atoms with E-state index in [0.717, 1.165) is 39.2 Å². The molecule has 0 fully saturated rings.